The molecule has 0 saturated carbocycles. The van der Waals surface area contributed by atoms with Gasteiger partial charge in [0.25, 0.3) is 5.91 Å². The third kappa shape index (κ3) is 4.22. The molecule has 104 valence electrons. The molecular weight excluding hydrogens is 266 g/mol. The monoisotopic (exact) mass is 283 g/mol. The molecule has 5 nitrogen and oxygen atoms in total. The SMILES string of the molecule is Cl.NC(=O)c1cccc(C(=O)NCC2CCNC2)c1. The standard InChI is InChI=1S/C13H17N3O2.ClH/c14-12(17)10-2-1-3-11(6-10)13(18)16-8-9-4-5-15-7-9;/h1-3,6,9,15H,4-5,7-8H2,(H2,14,17)(H,16,18);1H. The second-order valence-electron chi connectivity index (χ2n) is 4.51. The summed E-state index contributed by atoms with van der Waals surface area (Å²) in [6.07, 6.45) is 1.08. The maximum atomic E-state index is 11.9. The predicted molar refractivity (Wildman–Crippen MR) is 75.5 cm³/mol. The lowest BCUT2D eigenvalue weighted by Gasteiger charge is -2.10. The lowest BCUT2D eigenvalue weighted by molar-refractivity contribution is 0.0948. The van der Waals surface area contributed by atoms with Gasteiger partial charge < -0.3 is 16.4 Å². The molecule has 1 fully saturated rings. The normalized spacial score (nSPS) is 17.6. The van der Waals surface area contributed by atoms with Gasteiger partial charge in [-0.15, -0.1) is 12.4 Å². The number of amides is 2. The lowest BCUT2D eigenvalue weighted by atomic mass is 10.1. The molecule has 1 heterocycles. The van der Waals surface area contributed by atoms with Crippen molar-refractivity contribution in [2.24, 2.45) is 11.7 Å². The minimum Gasteiger partial charge on any atom is -0.366 e. The van der Waals surface area contributed by atoms with Crippen LogP contribution in [0, 0.1) is 5.92 Å². The van der Waals surface area contributed by atoms with E-state index >= 15 is 0 Å². The summed E-state index contributed by atoms with van der Waals surface area (Å²) in [5.41, 5.74) is 6.00. The first-order valence-corrected chi connectivity index (χ1v) is 6.05. The Morgan fingerprint density at radius 2 is 2.11 bits per heavy atom. The highest BCUT2D eigenvalue weighted by Crippen LogP contribution is 2.07. The molecule has 4 N–H and O–H groups in total. The van der Waals surface area contributed by atoms with Gasteiger partial charge in [0.1, 0.15) is 0 Å². The average Bonchev–Trinajstić information content (AvgIpc) is 2.89. The highest BCUT2D eigenvalue weighted by molar-refractivity contribution is 5.99. The summed E-state index contributed by atoms with van der Waals surface area (Å²) >= 11 is 0. The number of carbonyl (C=O) groups is 2. The summed E-state index contributed by atoms with van der Waals surface area (Å²) in [5.74, 6) is -0.192. The van der Waals surface area contributed by atoms with E-state index in [-0.39, 0.29) is 18.3 Å². The molecule has 0 radical (unpaired) electrons. The molecule has 1 aliphatic heterocycles. The first kappa shape index (κ1) is 15.5. The Morgan fingerprint density at radius 3 is 2.74 bits per heavy atom. The van der Waals surface area contributed by atoms with E-state index in [0.717, 1.165) is 19.5 Å². The van der Waals surface area contributed by atoms with E-state index in [1.54, 1.807) is 18.2 Å². The van der Waals surface area contributed by atoms with E-state index in [1.807, 2.05) is 0 Å². The van der Waals surface area contributed by atoms with Crippen molar-refractivity contribution in [3.05, 3.63) is 35.4 Å². The smallest absolute Gasteiger partial charge is 0.251 e. The number of halogens is 1. The molecule has 2 rings (SSSR count). The first-order valence-electron chi connectivity index (χ1n) is 6.05. The van der Waals surface area contributed by atoms with Crippen LogP contribution < -0.4 is 16.4 Å². The summed E-state index contributed by atoms with van der Waals surface area (Å²) in [5, 5.41) is 6.12. The van der Waals surface area contributed by atoms with Crippen LogP contribution in [0.1, 0.15) is 27.1 Å². The van der Waals surface area contributed by atoms with E-state index in [2.05, 4.69) is 10.6 Å². The molecule has 0 bridgehead atoms. The number of nitrogens with one attached hydrogen (secondary N) is 2. The van der Waals surface area contributed by atoms with Gasteiger partial charge in [0.2, 0.25) is 5.91 Å². The minimum absolute atomic E-state index is 0. The maximum Gasteiger partial charge on any atom is 0.251 e. The Morgan fingerprint density at radius 1 is 1.37 bits per heavy atom. The van der Waals surface area contributed by atoms with Crippen LogP contribution in [0.2, 0.25) is 0 Å². The number of carbonyl (C=O) groups excluding carboxylic acids is 2. The molecule has 1 aliphatic rings. The van der Waals surface area contributed by atoms with E-state index in [1.165, 1.54) is 6.07 Å². The van der Waals surface area contributed by atoms with Gasteiger partial charge in [0.05, 0.1) is 0 Å². The molecule has 6 heteroatoms. The van der Waals surface area contributed by atoms with Gasteiger partial charge in [-0.25, -0.2) is 0 Å². The van der Waals surface area contributed by atoms with Crippen LogP contribution in [0.25, 0.3) is 0 Å². The molecule has 1 atom stereocenters. The quantitative estimate of drug-likeness (QED) is 0.754. The van der Waals surface area contributed by atoms with Crippen molar-refractivity contribution in [2.75, 3.05) is 19.6 Å². The fourth-order valence-corrected chi connectivity index (χ4v) is 2.04. The maximum absolute atomic E-state index is 11.9. The zero-order chi connectivity index (χ0) is 13.0. The van der Waals surface area contributed by atoms with Gasteiger partial charge in [0.15, 0.2) is 0 Å². The molecule has 0 aromatic heterocycles. The first-order chi connectivity index (χ1) is 8.66. The van der Waals surface area contributed by atoms with Crippen molar-refractivity contribution in [2.45, 2.75) is 6.42 Å². The highest BCUT2D eigenvalue weighted by Gasteiger charge is 2.16. The Labute approximate surface area is 118 Å². The largest absolute Gasteiger partial charge is 0.366 e. The van der Waals surface area contributed by atoms with Crippen molar-refractivity contribution < 1.29 is 9.59 Å². The summed E-state index contributed by atoms with van der Waals surface area (Å²) in [6, 6.07) is 6.45. The number of benzene rings is 1. The summed E-state index contributed by atoms with van der Waals surface area (Å²) < 4.78 is 0. The molecule has 1 unspecified atom stereocenters. The van der Waals surface area contributed by atoms with Crippen molar-refractivity contribution >= 4 is 24.2 Å². The summed E-state index contributed by atoms with van der Waals surface area (Å²) in [6.45, 7) is 2.62. The Balaban J connectivity index is 0.00000180. The van der Waals surface area contributed by atoms with E-state index < -0.39 is 5.91 Å². The van der Waals surface area contributed by atoms with Gasteiger partial charge in [-0.3, -0.25) is 9.59 Å². The van der Waals surface area contributed by atoms with E-state index in [0.29, 0.717) is 23.6 Å². The molecular formula is C13H18ClN3O2. The summed E-state index contributed by atoms with van der Waals surface area (Å²) in [4.78, 5) is 22.9. The third-order valence-corrected chi connectivity index (χ3v) is 3.12. The summed E-state index contributed by atoms with van der Waals surface area (Å²) in [7, 11) is 0. The minimum atomic E-state index is -0.523. The van der Waals surface area contributed by atoms with Crippen LogP contribution in [0.3, 0.4) is 0 Å². The Bertz CT molecular complexity index is 459. The molecule has 0 spiro atoms. The third-order valence-electron chi connectivity index (χ3n) is 3.12. The molecule has 1 aromatic rings. The van der Waals surface area contributed by atoms with Crippen LogP contribution >= 0.6 is 12.4 Å². The zero-order valence-electron chi connectivity index (χ0n) is 10.5. The Kier molecular flexibility index (Phi) is 5.79. The number of rotatable bonds is 4. The van der Waals surface area contributed by atoms with Crippen molar-refractivity contribution in [3.8, 4) is 0 Å². The van der Waals surface area contributed by atoms with Gasteiger partial charge >= 0.3 is 0 Å². The van der Waals surface area contributed by atoms with Gasteiger partial charge in [-0.05, 0) is 43.6 Å². The number of nitrogens with two attached hydrogens (primary N) is 1. The second-order valence-corrected chi connectivity index (χ2v) is 4.51. The molecule has 19 heavy (non-hydrogen) atoms. The number of hydrogen-bond donors (Lipinski definition) is 3. The van der Waals surface area contributed by atoms with E-state index in [4.69, 9.17) is 5.73 Å². The number of hydrogen-bond acceptors (Lipinski definition) is 3. The number of primary amides is 1. The fraction of sp³-hybridized carbons (Fsp3) is 0.385. The Hall–Kier alpha value is -1.59. The van der Waals surface area contributed by atoms with Gasteiger partial charge in [-0.2, -0.15) is 0 Å². The average molecular weight is 284 g/mol. The lowest BCUT2D eigenvalue weighted by Crippen LogP contribution is -2.30. The second kappa shape index (κ2) is 7.11. The van der Waals surface area contributed by atoms with Crippen LogP contribution in [-0.2, 0) is 0 Å². The van der Waals surface area contributed by atoms with Crippen LogP contribution in [0.15, 0.2) is 24.3 Å². The van der Waals surface area contributed by atoms with Crippen LogP contribution in [0.4, 0.5) is 0 Å². The molecule has 2 amide bonds. The highest BCUT2D eigenvalue weighted by atomic mass is 35.5. The van der Waals surface area contributed by atoms with Gasteiger partial charge in [0, 0.05) is 17.7 Å². The van der Waals surface area contributed by atoms with Crippen molar-refractivity contribution in [1.82, 2.24) is 10.6 Å². The molecule has 0 aliphatic carbocycles. The van der Waals surface area contributed by atoms with E-state index in [9.17, 15) is 9.59 Å². The fourth-order valence-electron chi connectivity index (χ4n) is 2.04. The predicted octanol–water partition coefficient (Wildman–Crippen LogP) is 0.547. The van der Waals surface area contributed by atoms with Crippen LogP contribution in [-0.4, -0.2) is 31.4 Å². The van der Waals surface area contributed by atoms with Crippen LogP contribution in [0.5, 0.6) is 0 Å². The zero-order valence-corrected chi connectivity index (χ0v) is 11.3. The topological polar surface area (TPSA) is 84.2 Å². The van der Waals surface area contributed by atoms with Crippen molar-refractivity contribution in [3.63, 3.8) is 0 Å². The van der Waals surface area contributed by atoms with Gasteiger partial charge in [-0.1, -0.05) is 6.07 Å². The van der Waals surface area contributed by atoms with Crippen molar-refractivity contribution in [1.29, 1.82) is 0 Å². The molecule has 1 saturated heterocycles. The molecule has 1 aromatic carbocycles.